The Morgan fingerprint density at radius 2 is 1.76 bits per heavy atom. The van der Waals surface area contributed by atoms with Gasteiger partial charge in [-0.15, -0.1) is 0 Å². The highest BCUT2D eigenvalue weighted by molar-refractivity contribution is 7.99. The molecule has 2 aliphatic heterocycles. The first-order valence-corrected chi connectivity index (χ1v) is 14.1. The number of nitrogens with zero attached hydrogens (tertiary/aromatic N) is 6. The van der Waals surface area contributed by atoms with Gasteiger partial charge < -0.3 is 14.5 Å². The van der Waals surface area contributed by atoms with Crippen molar-refractivity contribution < 1.29 is 4.74 Å². The summed E-state index contributed by atoms with van der Waals surface area (Å²) in [4.78, 5) is 14.4. The van der Waals surface area contributed by atoms with Gasteiger partial charge in [-0.2, -0.15) is 21.4 Å². The van der Waals surface area contributed by atoms with Gasteiger partial charge in [0.2, 0.25) is 0 Å². The second-order valence-corrected chi connectivity index (χ2v) is 10.8. The molecular weight excluding hydrogens is 480 g/mol. The van der Waals surface area contributed by atoms with Gasteiger partial charge >= 0.3 is 0 Å². The number of benzene rings is 2. The number of aryl methyl sites for hydroxylation is 1. The van der Waals surface area contributed by atoms with Crippen LogP contribution in [0.5, 0.6) is 0 Å². The molecule has 0 saturated carbocycles. The normalized spacial score (nSPS) is 16.7. The molecule has 0 unspecified atom stereocenters. The molecule has 4 heterocycles. The van der Waals surface area contributed by atoms with Gasteiger partial charge in [-0.3, -0.25) is 4.99 Å². The van der Waals surface area contributed by atoms with E-state index in [0.717, 1.165) is 73.4 Å². The monoisotopic (exact) mass is 512 g/mol. The topological polar surface area (TPSA) is 58.3 Å². The maximum Gasteiger partial charge on any atom is 0.158 e. The average molecular weight is 513 g/mol. The number of rotatable bonds is 6. The summed E-state index contributed by atoms with van der Waals surface area (Å²) in [5.74, 6) is 3.44. The molecule has 7 nitrogen and oxygen atoms in total. The van der Waals surface area contributed by atoms with E-state index < -0.39 is 0 Å². The lowest BCUT2D eigenvalue weighted by Crippen LogP contribution is -2.37. The van der Waals surface area contributed by atoms with Crippen LogP contribution in [-0.2, 0) is 11.3 Å². The van der Waals surface area contributed by atoms with E-state index >= 15 is 0 Å². The Labute approximate surface area is 222 Å². The zero-order valence-electron chi connectivity index (χ0n) is 21.2. The van der Waals surface area contributed by atoms with E-state index in [9.17, 15) is 0 Å². The van der Waals surface area contributed by atoms with E-state index in [0.29, 0.717) is 6.54 Å². The highest BCUT2D eigenvalue weighted by Gasteiger charge is 2.18. The van der Waals surface area contributed by atoms with Crippen LogP contribution in [0, 0.1) is 6.92 Å². The van der Waals surface area contributed by atoms with Crippen LogP contribution in [0.2, 0.25) is 0 Å². The van der Waals surface area contributed by atoms with Gasteiger partial charge in [-0.1, -0.05) is 42.0 Å². The molecule has 2 saturated heterocycles. The Kier molecular flexibility index (Phi) is 7.10. The molecule has 0 bridgehead atoms. The van der Waals surface area contributed by atoms with E-state index in [1.807, 2.05) is 22.5 Å². The molecule has 4 aromatic rings. The molecule has 2 fully saturated rings. The van der Waals surface area contributed by atoms with Crippen LogP contribution in [0.25, 0.3) is 16.9 Å². The molecule has 0 radical (unpaired) electrons. The molecule has 37 heavy (non-hydrogen) atoms. The Hall–Kier alpha value is -3.36. The summed E-state index contributed by atoms with van der Waals surface area (Å²) in [6, 6.07) is 21.4. The summed E-state index contributed by atoms with van der Waals surface area (Å²) in [5.41, 5.74) is 7.43. The van der Waals surface area contributed by atoms with Gasteiger partial charge in [0.1, 0.15) is 5.82 Å². The number of hydrogen-bond acceptors (Lipinski definition) is 7. The molecule has 0 N–H and O–H groups in total. The lowest BCUT2D eigenvalue weighted by atomic mass is 10.1. The lowest BCUT2D eigenvalue weighted by Gasteiger charge is -2.29. The summed E-state index contributed by atoms with van der Waals surface area (Å²) in [5, 5.41) is 5.00. The molecule has 0 aliphatic carbocycles. The maximum absolute atomic E-state index is 5.61. The fourth-order valence-corrected chi connectivity index (χ4v) is 5.81. The minimum atomic E-state index is 0.519. The van der Waals surface area contributed by atoms with Crippen molar-refractivity contribution in [2.45, 2.75) is 13.5 Å². The van der Waals surface area contributed by atoms with Crippen LogP contribution in [0.15, 0.2) is 65.7 Å². The van der Waals surface area contributed by atoms with Gasteiger partial charge in [0.25, 0.3) is 0 Å². The van der Waals surface area contributed by atoms with E-state index in [4.69, 9.17) is 19.8 Å². The number of anilines is 2. The number of thioether (sulfide) groups is 1. The van der Waals surface area contributed by atoms with Crippen LogP contribution in [0.1, 0.15) is 16.8 Å². The summed E-state index contributed by atoms with van der Waals surface area (Å²) in [6.07, 6.45) is 1.93. The third-order valence-electron chi connectivity index (χ3n) is 6.87. The summed E-state index contributed by atoms with van der Waals surface area (Å²) >= 11 is 2.03. The van der Waals surface area contributed by atoms with Crippen molar-refractivity contribution in [2.24, 2.45) is 4.99 Å². The summed E-state index contributed by atoms with van der Waals surface area (Å²) < 4.78 is 7.58. The molecule has 2 aliphatic rings. The number of ether oxygens (including phenoxy) is 1. The Balaban J connectivity index is 1.30. The number of aromatic nitrogens is 3. The van der Waals surface area contributed by atoms with Gasteiger partial charge in [0.15, 0.2) is 5.65 Å². The Bertz CT molecular complexity index is 1390. The maximum atomic E-state index is 5.61. The van der Waals surface area contributed by atoms with Crippen LogP contribution in [0.3, 0.4) is 0 Å². The van der Waals surface area contributed by atoms with Crippen molar-refractivity contribution in [3.8, 4) is 11.3 Å². The molecule has 8 heteroatoms. The van der Waals surface area contributed by atoms with Crippen LogP contribution >= 0.6 is 11.8 Å². The van der Waals surface area contributed by atoms with Gasteiger partial charge in [-0.25, -0.2) is 4.98 Å². The minimum absolute atomic E-state index is 0.519. The fraction of sp³-hybridized carbons (Fsp3) is 0.345. The van der Waals surface area contributed by atoms with Crippen molar-refractivity contribution in [1.82, 2.24) is 14.6 Å². The molecule has 0 amide bonds. The minimum Gasteiger partial charge on any atom is -0.378 e. The number of morpholine rings is 1. The Morgan fingerprint density at radius 1 is 0.946 bits per heavy atom. The highest BCUT2D eigenvalue weighted by Crippen LogP contribution is 2.27. The number of fused-ring (bicyclic) bond motifs is 1. The second-order valence-electron chi connectivity index (χ2n) is 9.53. The van der Waals surface area contributed by atoms with E-state index in [1.165, 1.54) is 22.8 Å². The molecular formula is C29H32N6OS. The van der Waals surface area contributed by atoms with E-state index in [-0.39, 0.29) is 0 Å². The number of aliphatic imine (C=N–C) groups is 1. The quantitative estimate of drug-likeness (QED) is 0.349. The predicted octanol–water partition coefficient (Wildman–Crippen LogP) is 4.71. The zero-order valence-corrected chi connectivity index (χ0v) is 22.0. The van der Waals surface area contributed by atoms with Crippen molar-refractivity contribution in [2.75, 3.05) is 60.7 Å². The summed E-state index contributed by atoms with van der Waals surface area (Å²) in [7, 11) is 0. The number of hydrogen-bond donors (Lipinski definition) is 0. The SMILES string of the molecule is Cc1cccc(C=NCc2cc(N3CCOCC3)n3nc(-c4ccc(N5CCSCC5)cc4)cc3n2)c1. The van der Waals surface area contributed by atoms with Crippen LogP contribution in [0.4, 0.5) is 11.5 Å². The molecule has 0 atom stereocenters. The van der Waals surface area contributed by atoms with E-state index in [1.54, 1.807) is 0 Å². The average Bonchev–Trinajstić information content (AvgIpc) is 3.38. The second kappa shape index (κ2) is 10.9. The van der Waals surface area contributed by atoms with Crippen molar-refractivity contribution >= 4 is 35.1 Å². The smallest absolute Gasteiger partial charge is 0.158 e. The van der Waals surface area contributed by atoms with Crippen LogP contribution < -0.4 is 9.80 Å². The molecule has 0 spiro atoms. The first kappa shape index (κ1) is 24.0. The van der Waals surface area contributed by atoms with Gasteiger partial charge in [-0.05, 0) is 24.6 Å². The van der Waals surface area contributed by atoms with Crippen molar-refractivity contribution in [3.05, 3.63) is 77.5 Å². The largest absolute Gasteiger partial charge is 0.378 e. The molecule has 2 aromatic carbocycles. The lowest BCUT2D eigenvalue weighted by molar-refractivity contribution is 0.122. The predicted molar refractivity (Wildman–Crippen MR) is 153 cm³/mol. The molecule has 190 valence electrons. The summed E-state index contributed by atoms with van der Waals surface area (Å²) in [6.45, 7) is 7.95. The standard InChI is InChI=1S/C29H32N6OS/c1-22-3-2-4-23(17-22)20-30-21-25-18-29(34-9-13-36-14-10-34)35-28(31-25)19-27(32-35)24-5-7-26(8-6-24)33-11-15-37-16-12-33/h2-8,17-20H,9-16,21H2,1H3. The molecule has 2 aromatic heterocycles. The van der Waals surface area contributed by atoms with Gasteiger partial charge in [0.05, 0.1) is 31.1 Å². The van der Waals surface area contributed by atoms with Crippen LogP contribution in [-0.4, -0.2) is 71.7 Å². The van der Waals surface area contributed by atoms with E-state index in [2.05, 4.69) is 77.4 Å². The first-order chi connectivity index (χ1) is 18.2. The third-order valence-corrected chi connectivity index (χ3v) is 7.81. The zero-order chi connectivity index (χ0) is 25.0. The highest BCUT2D eigenvalue weighted by atomic mass is 32.2. The fourth-order valence-electron chi connectivity index (χ4n) is 4.91. The van der Waals surface area contributed by atoms with Gasteiger partial charge in [0, 0.05) is 67.3 Å². The van der Waals surface area contributed by atoms with Crippen molar-refractivity contribution in [3.63, 3.8) is 0 Å². The third kappa shape index (κ3) is 5.50. The first-order valence-electron chi connectivity index (χ1n) is 12.9. The van der Waals surface area contributed by atoms with Crippen molar-refractivity contribution in [1.29, 1.82) is 0 Å². The Morgan fingerprint density at radius 3 is 2.54 bits per heavy atom. The molecule has 6 rings (SSSR count).